The van der Waals surface area contributed by atoms with Crippen LogP contribution in [0.2, 0.25) is 0 Å². The van der Waals surface area contributed by atoms with Gasteiger partial charge in [-0.2, -0.15) is 0 Å². The number of carbonyl (C=O) groups is 1. The average Bonchev–Trinajstić information content (AvgIpc) is 2.04. The lowest BCUT2D eigenvalue weighted by Gasteiger charge is -2.26. The van der Waals surface area contributed by atoms with Gasteiger partial charge in [-0.15, -0.1) is 0 Å². The van der Waals surface area contributed by atoms with Crippen molar-refractivity contribution in [1.82, 2.24) is 5.32 Å². The average molecular weight is 215 g/mol. The maximum atomic E-state index is 10.7. The van der Waals surface area contributed by atoms with E-state index in [4.69, 9.17) is 0 Å². The van der Waals surface area contributed by atoms with Crippen LogP contribution in [0.1, 0.15) is 54.9 Å². The Morgan fingerprint density at radius 1 is 1.27 bits per heavy atom. The highest BCUT2D eigenvalue weighted by Crippen LogP contribution is 2.23. The minimum absolute atomic E-state index is 0.209. The lowest BCUT2D eigenvalue weighted by molar-refractivity contribution is -0.116. The van der Waals surface area contributed by atoms with Crippen molar-refractivity contribution >= 4 is 5.78 Å². The Labute approximate surface area is 95.8 Å². The third-order valence-corrected chi connectivity index (χ3v) is 1.94. The van der Waals surface area contributed by atoms with E-state index in [-0.39, 0.29) is 5.78 Å². The van der Waals surface area contributed by atoms with Gasteiger partial charge in [0.05, 0.1) is 6.54 Å². The Morgan fingerprint density at radius 3 is 2.07 bits per heavy atom. The molecule has 0 aromatic heterocycles. The van der Waals surface area contributed by atoms with E-state index in [1.807, 2.05) is 13.8 Å². The molecule has 2 heteroatoms. The summed E-state index contributed by atoms with van der Waals surface area (Å²) >= 11 is 0. The van der Waals surface area contributed by atoms with Crippen molar-refractivity contribution in [2.75, 3.05) is 13.1 Å². The number of Topliss-reactive ketones (excluding diaryl/α,β-unsaturated/α-hetero) is 1. The maximum absolute atomic E-state index is 10.7. The topological polar surface area (TPSA) is 29.1 Å². The van der Waals surface area contributed by atoms with Crippen LogP contribution in [-0.2, 0) is 4.79 Å². The Bertz CT molecular complexity index is 162. The van der Waals surface area contributed by atoms with Crippen LogP contribution in [0, 0.1) is 11.3 Å². The summed E-state index contributed by atoms with van der Waals surface area (Å²) in [6, 6.07) is 0. The highest BCUT2D eigenvalue weighted by molar-refractivity contribution is 5.77. The van der Waals surface area contributed by atoms with E-state index in [1.54, 1.807) is 6.92 Å². The van der Waals surface area contributed by atoms with Gasteiger partial charge in [0.25, 0.3) is 0 Å². The smallest absolute Gasteiger partial charge is 0.143 e. The van der Waals surface area contributed by atoms with Gasteiger partial charge in [-0.05, 0) is 24.7 Å². The van der Waals surface area contributed by atoms with E-state index >= 15 is 0 Å². The van der Waals surface area contributed by atoms with Gasteiger partial charge in [-0.1, -0.05) is 41.5 Å². The molecule has 0 aliphatic carbocycles. The molecule has 0 unspecified atom stereocenters. The first kappa shape index (κ1) is 17.0. The van der Waals surface area contributed by atoms with E-state index in [1.165, 1.54) is 6.42 Å². The fourth-order valence-electron chi connectivity index (χ4n) is 1.75. The van der Waals surface area contributed by atoms with Crippen molar-refractivity contribution in [2.24, 2.45) is 11.3 Å². The minimum atomic E-state index is 0.209. The third kappa shape index (κ3) is 13.6. The molecule has 0 atom stereocenters. The summed E-state index contributed by atoms with van der Waals surface area (Å²) in [7, 11) is 0. The van der Waals surface area contributed by atoms with Crippen LogP contribution in [0.15, 0.2) is 0 Å². The van der Waals surface area contributed by atoms with Gasteiger partial charge in [0.2, 0.25) is 0 Å². The second-order valence-corrected chi connectivity index (χ2v) is 5.07. The Morgan fingerprint density at radius 2 is 1.73 bits per heavy atom. The van der Waals surface area contributed by atoms with Crippen LogP contribution in [-0.4, -0.2) is 18.9 Å². The molecule has 0 aliphatic rings. The molecule has 0 fully saturated rings. The predicted octanol–water partition coefficient (Wildman–Crippen LogP) is 3.26. The Balaban J connectivity index is 0. The molecule has 0 radical (unpaired) electrons. The molecule has 0 saturated heterocycles. The maximum Gasteiger partial charge on any atom is 0.143 e. The number of hydrogen-bond donors (Lipinski definition) is 1. The van der Waals surface area contributed by atoms with Crippen molar-refractivity contribution in [3.63, 3.8) is 0 Å². The molecule has 0 saturated carbocycles. The Hall–Kier alpha value is -0.370. The highest BCUT2D eigenvalue weighted by atomic mass is 16.1. The Kier molecular flexibility index (Phi) is 10.1. The van der Waals surface area contributed by atoms with E-state index < -0.39 is 0 Å². The van der Waals surface area contributed by atoms with Crippen molar-refractivity contribution in [3.8, 4) is 0 Å². The summed E-state index contributed by atoms with van der Waals surface area (Å²) < 4.78 is 0. The molecule has 0 rings (SSSR count). The lowest BCUT2D eigenvalue weighted by atomic mass is 9.84. The van der Waals surface area contributed by atoms with Gasteiger partial charge in [-0.3, -0.25) is 4.79 Å². The molecular formula is C13H29NO. The van der Waals surface area contributed by atoms with Gasteiger partial charge in [0, 0.05) is 6.54 Å². The number of rotatable bonds is 6. The first-order valence-electron chi connectivity index (χ1n) is 6.03. The molecule has 2 nitrogen and oxygen atoms in total. The van der Waals surface area contributed by atoms with Crippen LogP contribution >= 0.6 is 0 Å². The van der Waals surface area contributed by atoms with Crippen LogP contribution in [0.4, 0.5) is 0 Å². The molecule has 0 amide bonds. The normalized spacial score (nSPS) is 10.9. The first-order chi connectivity index (χ1) is 6.83. The second-order valence-electron chi connectivity index (χ2n) is 5.07. The van der Waals surface area contributed by atoms with Crippen molar-refractivity contribution in [2.45, 2.75) is 54.9 Å². The van der Waals surface area contributed by atoms with E-state index in [0.717, 1.165) is 6.54 Å². The van der Waals surface area contributed by atoms with Crippen molar-refractivity contribution < 1.29 is 4.79 Å². The molecule has 15 heavy (non-hydrogen) atoms. The molecule has 1 N–H and O–H groups in total. The highest BCUT2D eigenvalue weighted by Gasteiger charge is 2.18. The van der Waals surface area contributed by atoms with Crippen molar-refractivity contribution in [3.05, 3.63) is 0 Å². The molecule has 0 aromatic carbocycles. The lowest BCUT2D eigenvalue weighted by Crippen LogP contribution is -2.33. The van der Waals surface area contributed by atoms with Crippen LogP contribution < -0.4 is 5.32 Å². The van der Waals surface area contributed by atoms with E-state index in [2.05, 4.69) is 33.0 Å². The van der Waals surface area contributed by atoms with Crippen LogP contribution in [0.25, 0.3) is 0 Å². The summed E-state index contributed by atoms with van der Waals surface area (Å²) in [5, 5.41) is 3.18. The van der Waals surface area contributed by atoms with E-state index in [0.29, 0.717) is 17.9 Å². The quantitative estimate of drug-likeness (QED) is 0.737. The molecule has 0 heterocycles. The number of ketones is 1. The van der Waals surface area contributed by atoms with Crippen LogP contribution in [0.5, 0.6) is 0 Å². The number of nitrogens with one attached hydrogen (secondary N) is 1. The molecule has 0 aliphatic heterocycles. The van der Waals surface area contributed by atoms with Gasteiger partial charge in [0.1, 0.15) is 5.78 Å². The van der Waals surface area contributed by atoms with Crippen molar-refractivity contribution in [1.29, 1.82) is 0 Å². The number of carbonyl (C=O) groups excluding carboxylic acids is 1. The summed E-state index contributed by atoms with van der Waals surface area (Å²) in [5.74, 6) is 0.925. The minimum Gasteiger partial charge on any atom is -0.309 e. The first-order valence-corrected chi connectivity index (χ1v) is 6.03. The van der Waals surface area contributed by atoms with Gasteiger partial charge < -0.3 is 5.32 Å². The fourth-order valence-corrected chi connectivity index (χ4v) is 1.75. The zero-order valence-electron chi connectivity index (χ0n) is 11.6. The molecule has 0 bridgehead atoms. The molecule has 92 valence electrons. The summed E-state index contributed by atoms with van der Waals surface area (Å²) in [4.78, 5) is 10.7. The second kappa shape index (κ2) is 8.90. The predicted molar refractivity (Wildman–Crippen MR) is 68.1 cm³/mol. The zero-order chi connectivity index (χ0) is 12.5. The monoisotopic (exact) mass is 215 g/mol. The van der Waals surface area contributed by atoms with Gasteiger partial charge >= 0.3 is 0 Å². The van der Waals surface area contributed by atoms with Crippen LogP contribution in [0.3, 0.4) is 0 Å². The SMILES string of the molecule is CC.CC(=O)CNCC(C)(C)CC(C)C. The summed E-state index contributed by atoms with van der Waals surface area (Å²) in [6.45, 7) is 16.0. The number of hydrogen-bond acceptors (Lipinski definition) is 2. The zero-order valence-corrected chi connectivity index (χ0v) is 11.6. The van der Waals surface area contributed by atoms with Gasteiger partial charge in [-0.25, -0.2) is 0 Å². The van der Waals surface area contributed by atoms with E-state index in [9.17, 15) is 4.79 Å². The standard InChI is InChI=1S/C11H23NO.C2H6/c1-9(2)6-11(4,5)8-12-7-10(3)13;1-2/h9,12H,6-8H2,1-5H3;1-2H3. The summed E-state index contributed by atoms with van der Waals surface area (Å²) in [6.07, 6.45) is 1.19. The molecular weight excluding hydrogens is 186 g/mol. The molecule has 0 spiro atoms. The summed E-state index contributed by atoms with van der Waals surface area (Å²) in [5.41, 5.74) is 0.295. The largest absolute Gasteiger partial charge is 0.309 e. The third-order valence-electron chi connectivity index (χ3n) is 1.94. The fraction of sp³-hybridized carbons (Fsp3) is 0.923. The van der Waals surface area contributed by atoms with Gasteiger partial charge in [0.15, 0.2) is 0 Å². The molecule has 0 aromatic rings.